The normalized spacial score (nSPS) is 21.5. The first kappa shape index (κ1) is 15.7. The summed E-state index contributed by atoms with van der Waals surface area (Å²) in [5.41, 5.74) is 0. The van der Waals surface area contributed by atoms with E-state index in [2.05, 4.69) is 22.2 Å². The number of halogens is 3. The fraction of sp³-hybridized carbons (Fsp3) is 1.00. The molecule has 0 aromatic carbocycles. The van der Waals surface area contributed by atoms with Crippen molar-refractivity contribution in [1.29, 1.82) is 0 Å². The molecule has 108 valence electrons. The molecule has 1 unspecified atom stereocenters. The molecule has 18 heavy (non-hydrogen) atoms. The lowest BCUT2D eigenvalue weighted by molar-refractivity contribution is -0.125. The van der Waals surface area contributed by atoms with Crippen LogP contribution in [0, 0.1) is 0 Å². The summed E-state index contributed by atoms with van der Waals surface area (Å²) in [7, 11) is 4.11. The number of hydrogen-bond acceptors (Lipinski definition) is 3. The van der Waals surface area contributed by atoms with E-state index in [9.17, 15) is 13.2 Å². The van der Waals surface area contributed by atoms with Crippen LogP contribution < -0.4 is 5.32 Å². The maximum atomic E-state index is 12.0. The van der Waals surface area contributed by atoms with Crippen LogP contribution >= 0.6 is 0 Å². The van der Waals surface area contributed by atoms with Crippen LogP contribution in [-0.2, 0) is 0 Å². The highest BCUT2D eigenvalue weighted by molar-refractivity contribution is 4.80. The molecule has 0 radical (unpaired) electrons. The average Bonchev–Trinajstić information content (AvgIpc) is 2.27. The zero-order chi connectivity index (χ0) is 13.8. The molecule has 0 aromatic heterocycles. The molecule has 1 saturated heterocycles. The number of rotatable bonds is 5. The third kappa shape index (κ3) is 5.54. The van der Waals surface area contributed by atoms with Gasteiger partial charge in [0.1, 0.15) is 0 Å². The molecule has 1 fully saturated rings. The van der Waals surface area contributed by atoms with Crippen LogP contribution in [0.15, 0.2) is 0 Å². The van der Waals surface area contributed by atoms with Crippen LogP contribution in [0.25, 0.3) is 0 Å². The molecular weight excluding hydrogens is 243 g/mol. The van der Waals surface area contributed by atoms with Gasteiger partial charge in [0.2, 0.25) is 0 Å². The van der Waals surface area contributed by atoms with Gasteiger partial charge in [-0.05, 0) is 47.0 Å². The zero-order valence-electron chi connectivity index (χ0n) is 11.4. The van der Waals surface area contributed by atoms with Gasteiger partial charge in [-0.3, -0.25) is 4.90 Å². The van der Waals surface area contributed by atoms with Crippen molar-refractivity contribution in [3.8, 4) is 0 Å². The lowest BCUT2D eigenvalue weighted by Crippen LogP contribution is -2.49. The molecule has 3 nitrogen and oxygen atoms in total. The first-order chi connectivity index (χ1) is 8.29. The van der Waals surface area contributed by atoms with Crippen LogP contribution in [0.4, 0.5) is 13.2 Å². The average molecular weight is 267 g/mol. The number of nitrogens with one attached hydrogen (secondary N) is 1. The Kier molecular flexibility index (Phi) is 5.88. The number of alkyl halides is 3. The quantitative estimate of drug-likeness (QED) is 0.815. The van der Waals surface area contributed by atoms with Crippen molar-refractivity contribution in [2.75, 3.05) is 40.3 Å². The van der Waals surface area contributed by atoms with E-state index in [1.165, 1.54) is 0 Å². The highest BCUT2D eigenvalue weighted by atomic mass is 19.4. The summed E-state index contributed by atoms with van der Waals surface area (Å²) in [6.45, 7) is 3.58. The predicted molar refractivity (Wildman–Crippen MR) is 66.7 cm³/mol. The summed E-state index contributed by atoms with van der Waals surface area (Å²) in [5.74, 6) is 0. The predicted octanol–water partition coefficient (Wildman–Crippen LogP) is 1.55. The van der Waals surface area contributed by atoms with Gasteiger partial charge in [0, 0.05) is 18.6 Å². The third-order valence-corrected chi connectivity index (χ3v) is 3.72. The Morgan fingerprint density at radius 2 is 1.89 bits per heavy atom. The van der Waals surface area contributed by atoms with Crippen molar-refractivity contribution < 1.29 is 13.2 Å². The minimum absolute atomic E-state index is 0.126. The summed E-state index contributed by atoms with van der Waals surface area (Å²) in [6.07, 6.45) is -1.93. The first-order valence-corrected chi connectivity index (χ1v) is 6.47. The molecule has 1 heterocycles. The first-order valence-electron chi connectivity index (χ1n) is 6.47. The van der Waals surface area contributed by atoms with Gasteiger partial charge in [-0.25, -0.2) is 0 Å². The summed E-state index contributed by atoms with van der Waals surface area (Å²) in [4.78, 5) is 4.49. The Morgan fingerprint density at radius 3 is 2.39 bits per heavy atom. The molecule has 0 aliphatic carbocycles. The van der Waals surface area contributed by atoms with Gasteiger partial charge in [0.15, 0.2) is 0 Å². The second-order valence-corrected chi connectivity index (χ2v) is 5.30. The summed E-state index contributed by atoms with van der Waals surface area (Å²) >= 11 is 0. The second-order valence-electron chi connectivity index (χ2n) is 5.30. The van der Waals surface area contributed by atoms with Crippen LogP contribution in [0.1, 0.15) is 19.8 Å². The molecule has 0 aromatic rings. The van der Waals surface area contributed by atoms with Gasteiger partial charge < -0.3 is 10.2 Å². The Bertz CT molecular complexity index is 237. The van der Waals surface area contributed by atoms with Crippen LogP contribution in [0.2, 0.25) is 0 Å². The Hall–Kier alpha value is -0.330. The second kappa shape index (κ2) is 6.73. The molecule has 0 bridgehead atoms. The van der Waals surface area contributed by atoms with Gasteiger partial charge in [0.25, 0.3) is 0 Å². The van der Waals surface area contributed by atoms with E-state index in [0.29, 0.717) is 12.6 Å². The van der Waals surface area contributed by atoms with Gasteiger partial charge in [-0.2, -0.15) is 13.2 Å². The van der Waals surface area contributed by atoms with Gasteiger partial charge in [-0.15, -0.1) is 0 Å². The number of nitrogens with zero attached hydrogens (tertiary/aromatic N) is 2. The fourth-order valence-corrected chi connectivity index (χ4v) is 2.33. The Labute approximate surface area is 107 Å². The van der Waals surface area contributed by atoms with Crippen molar-refractivity contribution in [1.82, 2.24) is 15.1 Å². The minimum Gasteiger partial charge on any atom is -0.307 e. The molecule has 1 atom stereocenters. The summed E-state index contributed by atoms with van der Waals surface area (Å²) in [6, 6.07) is 0.615. The maximum Gasteiger partial charge on any atom is 0.401 e. The van der Waals surface area contributed by atoms with E-state index in [1.54, 1.807) is 0 Å². The van der Waals surface area contributed by atoms with E-state index < -0.39 is 12.7 Å². The van der Waals surface area contributed by atoms with E-state index in [1.807, 2.05) is 14.0 Å². The van der Waals surface area contributed by atoms with Crippen LogP contribution in [0.5, 0.6) is 0 Å². The molecule has 0 amide bonds. The molecule has 1 N–H and O–H groups in total. The van der Waals surface area contributed by atoms with Gasteiger partial charge >= 0.3 is 6.18 Å². The van der Waals surface area contributed by atoms with Crippen molar-refractivity contribution in [2.24, 2.45) is 0 Å². The third-order valence-electron chi connectivity index (χ3n) is 3.72. The van der Waals surface area contributed by atoms with E-state index in [0.717, 1.165) is 25.9 Å². The summed E-state index contributed by atoms with van der Waals surface area (Å²) < 4.78 is 36.1. The molecule has 1 aliphatic rings. The molecule has 0 spiro atoms. The Balaban J connectivity index is 2.26. The fourth-order valence-electron chi connectivity index (χ4n) is 2.33. The van der Waals surface area contributed by atoms with Gasteiger partial charge in [-0.1, -0.05) is 0 Å². The SMILES string of the molecule is CC(CNCC(F)(F)F)N(C)C1CCN(C)CC1. The molecule has 6 heteroatoms. The molecular formula is C12H24F3N3. The van der Waals surface area contributed by atoms with E-state index in [-0.39, 0.29) is 6.04 Å². The largest absolute Gasteiger partial charge is 0.401 e. The molecule has 0 saturated carbocycles. The van der Waals surface area contributed by atoms with Crippen molar-refractivity contribution >= 4 is 0 Å². The minimum atomic E-state index is -4.12. The van der Waals surface area contributed by atoms with Crippen LogP contribution in [-0.4, -0.2) is 68.3 Å². The molecule has 1 rings (SSSR count). The van der Waals surface area contributed by atoms with E-state index in [4.69, 9.17) is 0 Å². The molecule has 1 aliphatic heterocycles. The van der Waals surface area contributed by atoms with Crippen molar-refractivity contribution in [3.05, 3.63) is 0 Å². The Morgan fingerprint density at radius 1 is 1.33 bits per heavy atom. The number of likely N-dealkylation sites (N-methyl/N-ethyl adjacent to an activating group) is 1. The highest BCUT2D eigenvalue weighted by Crippen LogP contribution is 2.16. The standard InChI is InChI=1S/C12H24F3N3/c1-10(8-16-9-12(13,14)15)18(3)11-4-6-17(2)7-5-11/h10-11,16H,4-9H2,1-3H3. The smallest absolute Gasteiger partial charge is 0.307 e. The lowest BCUT2D eigenvalue weighted by atomic mass is 10.0. The van der Waals surface area contributed by atoms with Crippen molar-refractivity contribution in [3.63, 3.8) is 0 Å². The van der Waals surface area contributed by atoms with E-state index >= 15 is 0 Å². The number of piperidine rings is 1. The monoisotopic (exact) mass is 267 g/mol. The maximum absolute atomic E-state index is 12.0. The topological polar surface area (TPSA) is 18.5 Å². The van der Waals surface area contributed by atoms with Crippen LogP contribution in [0.3, 0.4) is 0 Å². The number of likely N-dealkylation sites (tertiary alicyclic amines) is 1. The lowest BCUT2D eigenvalue weighted by Gasteiger charge is -2.38. The van der Waals surface area contributed by atoms with Crippen molar-refractivity contribution in [2.45, 2.75) is 38.0 Å². The number of hydrogen-bond donors (Lipinski definition) is 1. The van der Waals surface area contributed by atoms with Gasteiger partial charge in [0.05, 0.1) is 6.54 Å². The highest BCUT2D eigenvalue weighted by Gasteiger charge is 2.28. The summed E-state index contributed by atoms with van der Waals surface area (Å²) in [5, 5.41) is 2.48. The zero-order valence-corrected chi connectivity index (χ0v) is 11.4.